The van der Waals surface area contributed by atoms with Crippen molar-refractivity contribution in [2.24, 2.45) is 7.05 Å². The fraction of sp³-hybridized carbons (Fsp3) is 0.529. The molecular weight excluding hydrogens is 345 g/mol. The zero-order valence-electron chi connectivity index (χ0n) is 14.3. The largest absolute Gasteiger partial charge is 0.357 e. The van der Waals surface area contributed by atoms with Gasteiger partial charge in [0.05, 0.1) is 5.69 Å². The Kier molecular flexibility index (Phi) is 6.90. The fourth-order valence-electron chi connectivity index (χ4n) is 3.04. The highest BCUT2D eigenvalue weighted by atomic mass is 35.5. The van der Waals surface area contributed by atoms with Crippen LogP contribution in [0.15, 0.2) is 18.3 Å². The molecule has 0 aromatic carbocycles. The van der Waals surface area contributed by atoms with Gasteiger partial charge >= 0.3 is 0 Å². The molecule has 0 saturated carbocycles. The average Bonchev–Trinajstić information content (AvgIpc) is 2.82. The molecule has 1 aliphatic rings. The van der Waals surface area contributed by atoms with Crippen molar-refractivity contribution in [1.29, 1.82) is 0 Å². The molecule has 1 aliphatic heterocycles. The highest BCUT2D eigenvalue weighted by molar-refractivity contribution is 6.30. The molecule has 0 aliphatic carbocycles. The summed E-state index contributed by atoms with van der Waals surface area (Å²) in [6, 6.07) is 4.28. The quantitative estimate of drug-likeness (QED) is 0.876. The normalized spacial score (nSPS) is 14.5. The average molecular weight is 370 g/mol. The number of anilines is 1. The van der Waals surface area contributed by atoms with E-state index < -0.39 is 0 Å². The summed E-state index contributed by atoms with van der Waals surface area (Å²) >= 11 is 6.25. The summed E-state index contributed by atoms with van der Waals surface area (Å²) in [6.45, 7) is 5.73. The molecule has 2 aromatic heterocycles. The van der Waals surface area contributed by atoms with Crippen LogP contribution in [0.1, 0.15) is 36.1 Å². The molecule has 132 valence electrons. The standard InChI is InChI=1S/C17H24ClN5.ClH/c1-13-15(17(18)22(2)21-13)12-19-10-14-6-7-16(20-11-14)23-8-4-3-5-9-23;/h6-7,11,19H,3-5,8-10,12H2,1-2H3;1H. The van der Waals surface area contributed by atoms with E-state index in [2.05, 4.69) is 32.4 Å². The highest BCUT2D eigenvalue weighted by Gasteiger charge is 2.12. The lowest BCUT2D eigenvalue weighted by Gasteiger charge is -2.27. The van der Waals surface area contributed by atoms with Crippen LogP contribution in [0.3, 0.4) is 0 Å². The van der Waals surface area contributed by atoms with Crippen molar-refractivity contribution in [3.8, 4) is 0 Å². The molecule has 3 heterocycles. The van der Waals surface area contributed by atoms with Gasteiger partial charge in [0.2, 0.25) is 0 Å². The third-order valence-corrected chi connectivity index (χ3v) is 4.86. The maximum absolute atomic E-state index is 6.25. The van der Waals surface area contributed by atoms with Crippen molar-refractivity contribution in [3.63, 3.8) is 0 Å². The lowest BCUT2D eigenvalue weighted by atomic mass is 10.1. The van der Waals surface area contributed by atoms with Crippen LogP contribution in [0.2, 0.25) is 5.15 Å². The Labute approximate surface area is 154 Å². The highest BCUT2D eigenvalue weighted by Crippen LogP contribution is 2.19. The molecule has 3 rings (SSSR count). The van der Waals surface area contributed by atoms with Gasteiger partial charge in [0.25, 0.3) is 0 Å². The molecule has 0 unspecified atom stereocenters. The van der Waals surface area contributed by atoms with Gasteiger partial charge < -0.3 is 10.2 Å². The molecular formula is C17H25Cl2N5. The van der Waals surface area contributed by atoms with Gasteiger partial charge in [0.1, 0.15) is 11.0 Å². The number of rotatable bonds is 5. The molecule has 2 aromatic rings. The van der Waals surface area contributed by atoms with Crippen molar-refractivity contribution in [1.82, 2.24) is 20.1 Å². The topological polar surface area (TPSA) is 46.0 Å². The van der Waals surface area contributed by atoms with Crippen LogP contribution in [-0.2, 0) is 20.1 Å². The molecule has 1 saturated heterocycles. The smallest absolute Gasteiger partial charge is 0.131 e. The van der Waals surface area contributed by atoms with Crippen LogP contribution in [0.25, 0.3) is 0 Å². The third kappa shape index (κ3) is 4.41. The van der Waals surface area contributed by atoms with Crippen LogP contribution in [0, 0.1) is 6.92 Å². The van der Waals surface area contributed by atoms with E-state index in [0.717, 1.165) is 36.7 Å². The summed E-state index contributed by atoms with van der Waals surface area (Å²) in [5.41, 5.74) is 3.22. The number of nitrogens with one attached hydrogen (secondary N) is 1. The third-order valence-electron chi connectivity index (χ3n) is 4.39. The minimum Gasteiger partial charge on any atom is -0.357 e. The molecule has 1 N–H and O–H groups in total. The minimum atomic E-state index is 0. The first-order valence-electron chi connectivity index (χ1n) is 8.23. The monoisotopic (exact) mass is 369 g/mol. The Morgan fingerprint density at radius 2 is 1.92 bits per heavy atom. The van der Waals surface area contributed by atoms with E-state index in [1.54, 1.807) is 4.68 Å². The zero-order valence-corrected chi connectivity index (χ0v) is 15.8. The predicted octanol–water partition coefficient (Wildman–Crippen LogP) is 3.48. The summed E-state index contributed by atoms with van der Waals surface area (Å²) in [5, 5.41) is 8.45. The van der Waals surface area contributed by atoms with E-state index in [1.165, 1.54) is 24.8 Å². The number of aromatic nitrogens is 3. The van der Waals surface area contributed by atoms with Crippen molar-refractivity contribution in [3.05, 3.63) is 40.3 Å². The van der Waals surface area contributed by atoms with Crippen LogP contribution in [0.5, 0.6) is 0 Å². The lowest BCUT2D eigenvalue weighted by Crippen LogP contribution is -2.30. The van der Waals surface area contributed by atoms with Gasteiger partial charge in [-0.2, -0.15) is 5.10 Å². The van der Waals surface area contributed by atoms with Crippen molar-refractivity contribution in [2.45, 2.75) is 39.3 Å². The fourth-order valence-corrected chi connectivity index (χ4v) is 3.28. The van der Waals surface area contributed by atoms with Crippen molar-refractivity contribution >= 4 is 29.8 Å². The molecule has 1 fully saturated rings. The van der Waals surface area contributed by atoms with Crippen molar-refractivity contribution in [2.75, 3.05) is 18.0 Å². The second-order valence-corrected chi connectivity index (χ2v) is 6.51. The van der Waals surface area contributed by atoms with Crippen LogP contribution in [0.4, 0.5) is 5.82 Å². The van der Waals surface area contributed by atoms with E-state index in [0.29, 0.717) is 11.7 Å². The molecule has 0 bridgehead atoms. The zero-order chi connectivity index (χ0) is 16.2. The molecule has 0 amide bonds. The second-order valence-electron chi connectivity index (χ2n) is 6.15. The molecule has 0 radical (unpaired) electrons. The minimum absolute atomic E-state index is 0. The van der Waals surface area contributed by atoms with E-state index in [1.807, 2.05) is 20.2 Å². The Bertz CT molecular complexity index is 648. The van der Waals surface area contributed by atoms with E-state index >= 15 is 0 Å². The van der Waals surface area contributed by atoms with Crippen LogP contribution in [-0.4, -0.2) is 27.9 Å². The second kappa shape index (κ2) is 8.70. The Hall–Kier alpha value is -1.30. The molecule has 0 spiro atoms. The predicted molar refractivity (Wildman–Crippen MR) is 101 cm³/mol. The molecule has 5 nitrogen and oxygen atoms in total. The Morgan fingerprint density at radius 3 is 2.50 bits per heavy atom. The van der Waals surface area contributed by atoms with Gasteiger partial charge in [-0.25, -0.2) is 4.98 Å². The number of halogens is 2. The van der Waals surface area contributed by atoms with E-state index in [4.69, 9.17) is 11.6 Å². The molecule has 0 atom stereocenters. The molecule has 24 heavy (non-hydrogen) atoms. The summed E-state index contributed by atoms with van der Waals surface area (Å²) in [5.74, 6) is 1.10. The summed E-state index contributed by atoms with van der Waals surface area (Å²) < 4.78 is 1.71. The maximum atomic E-state index is 6.25. The number of nitrogens with zero attached hydrogens (tertiary/aromatic N) is 4. The van der Waals surface area contributed by atoms with Gasteiger partial charge in [-0.15, -0.1) is 12.4 Å². The van der Waals surface area contributed by atoms with Crippen LogP contribution >= 0.6 is 24.0 Å². The Balaban J connectivity index is 0.00000208. The number of hydrogen-bond acceptors (Lipinski definition) is 4. The van der Waals surface area contributed by atoms with Gasteiger partial charge in [0, 0.05) is 45.0 Å². The molecule has 7 heteroatoms. The first kappa shape index (κ1) is 19.0. The van der Waals surface area contributed by atoms with Gasteiger partial charge in [-0.05, 0) is 37.8 Å². The summed E-state index contributed by atoms with van der Waals surface area (Å²) in [7, 11) is 1.86. The lowest BCUT2D eigenvalue weighted by molar-refractivity contribution is 0.573. The first-order valence-corrected chi connectivity index (χ1v) is 8.61. The number of hydrogen-bond donors (Lipinski definition) is 1. The van der Waals surface area contributed by atoms with E-state index in [9.17, 15) is 0 Å². The number of pyridine rings is 1. The summed E-state index contributed by atoms with van der Waals surface area (Å²) in [6.07, 6.45) is 5.86. The van der Waals surface area contributed by atoms with Gasteiger partial charge in [-0.3, -0.25) is 4.68 Å². The number of piperidine rings is 1. The maximum Gasteiger partial charge on any atom is 0.131 e. The van der Waals surface area contributed by atoms with Crippen LogP contribution < -0.4 is 10.2 Å². The first-order chi connectivity index (χ1) is 11.1. The summed E-state index contributed by atoms with van der Waals surface area (Å²) in [4.78, 5) is 6.99. The SMILES string of the molecule is Cc1nn(C)c(Cl)c1CNCc1ccc(N2CCCCC2)nc1.Cl. The van der Waals surface area contributed by atoms with Crippen molar-refractivity contribution < 1.29 is 0 Å². The van der Waals surface area contributed by atoms with Gasteiger partial charge in [-0.1, -0.05) is 17.7 Å². The Morgan fingerprint density at radius 1 is 1.17 bits per heavy atom. The van der Waals surface area contributed by atoms with Gasteiger partial charge in [0.15, 0.2) is 0 Å². The number of aryl methyl sites for hydroxylation is 2. The van der Waals surface area contributed by atoms with E-state index in [-0.39, 0.29) is 12.4 Å².